The third-order valence-corrected chi connectivity index (χ3v) is 1.54. The molecule has 66 valence electrons. The highest BCUT2D eigenvalue weighted by Gasteiger charge is 2.03. The van der Waals surface area contributed by atoms with Crippen LogP contribution in [0.15, 0.2) is 24.4 Å². The zero-order chi connectivity index (χ0) is 8.81. The third kappa shape index (κ3) is 2.60. The molecule has 0 aromatic carbocycles. The minimum absolute atomic E-state index is 0.145. The molecule has 1 unspecified atom stereocenters. The number of hydrogen-bond acceptors (Lipinski definition) is 3. The van der Waals surface area contributed by atoms with Crippen molar-refractivity contribution in [3.05, 3.63) is 30.1 Å². The van der Waals surface area contributed by atoms with Gasteiger partial charge >= 0.3 is 0 Å². The molecule has 0 aliphatic carbocycles. The zero-order valence-electron chi connectivity index (χ0n) is 7.45. The molecule has 0 aliphatic heterocycles. The number of pyridine rings is 1. The van der Waals surface area contributed by atoms with Crippen molar-refractivity contribution < 1.29 is 4.84 Å². The van der Waals surface area contributed by atoms with Gasteiger partial charge in [0, 0.05) is 6.20 Å². The highest BCUT2D eigenvalue weighted by atomic mass is 16.6. The van der Waals surface area contributed by atoms with E-state index >= 15 is 0 Å². The van der Waals surface area contributed by atoms with Crippen LogP contribution in [0.3, 0.4) is 0 Å². The van der Waals surface area contributed by atoms with Crippen LogP contribution in [0.1, 0.15) is 25.6 Å². The number of hydroxylamine groups is 1. The molecular weight excluding hydrogens is 152 g/mol. The van der Waals surface area contributed by atoms with Crippen LogP contribution in [0.4, 0.5) is 0 Å². The van der Waals surface area contributed by atoms with Crippen molar-refractivity contribution in [1.29, 1.82) is 0 Å². The Morgan fingerprint density at radius 2 is 2.42 bits per heavy atom. The second kappa shape index (κ2) is 4.85. The molecule has 1 rings (SSSR count). The zero-order valence-corrected chi connectivity index (χ0v) is 7.45. The van der Waals surface area contributed by atoms with Crippen LogP contribution in [0.25, 0.3) is 0 Å². The fraction of sp³-hybridized carbons (Fsp3) is 0.444. The Kier molecular flexibility index (Phi) is 3.70. The summed E-state index contributed by atoms with van der Waals surface area (Å²) in [4.78, 5) is 9.25. The highest BCUT2D eigenvalue weighted by Crippen LogP contribution is 2.06. The Bertz CT molecular complexity index is 213. The minimum Gasteiger partial charge on any atom is -0.301 e. The molecule has 1 aromatic rings. The van der Waals surface area contributed by atoms with Crippen molar-refractivity contribution in [2.75, 3.05) is 6.61 Å². The van der Waals surface area contributed by atoms with Gasteiger partial charge in [0.1, 0.15) is 0 Å². The summed E-state index contributed by atoms with van der Waals surface area (Å²) in [6, 6.07) is 5.98. The van der Waals surface area contributed by atoms with E-state index in [-0.39, 0.29) is 6.04 Å². The number of rotatable bonds is 4. The minimum atomic E-state index is 0.145. The van der Waals surface area contributed by atoms with E-state index in [1.807, 2.05) is 32.0 Å². The van der Waals surface area contributed by atoms with Gasteiger partial charge in [0.2, 0.25) is 0 Å². The first-order valence-corrected chi connectivity index (χ1v) is 4.13. The fourth-order valence-corrected chi connectivity index (χ4v) is 0.901. The molecular formula is C9H14N2O. The first-order chi connectivity index (χ1) is 5.84. The number of aromatic nitrogens is 1. The van der Waals surface area contributed by atoms with Crippen molar-refractivity contribution in [1.82, 2.24) is 10.5 Å². The normalized spacial score (nSPS) is 12.8. The Morgan fingerprint density at radius 1 is 1.58 bits per heavy atom. The average Bonchev–Trinajstić information content (AvgIpc) is 2.15. The average molecular weight is 166 g/mol. The topological polar surface area (TPSA) is 34.1 Å². The Balaban J connectivity index is 2.48. The molecule has 1 heterocycles. The smallest absolute Gasteiger partial charge is 0.0715 e. The van der Waals surface area contributed by atoms with Crippen LogP contribution in [0, 0.1) is 0 Å². The predicted molar refractivity (Wildman–Crippen MR) is 47.4 cm³/mol. The molecule has 1 N–H and O–H groups in total. The first kappa shape index (κ1) is 9.16. The molecule has 1 aromatic heterocycles. The Labute approximate surface area is 72.7 Å². The third-order valence-electron chi connectivity index (χ3n) is 1.54. The maximum absolute atomic E-state index is 5.06. The van der Waals surface area contributed by atoms with Gasteiger partial charge in [-0.25, -0.2) is 0 Å². The Hall–Kier alpha value is -0.930. The molecule has 0 fully saturated rings. The van der Waals surface area contributed by atoms with Crippen LogP contribution >= 0.6 is 0 Å². The van der Waals surface area contributed by atoms with Gasteiger partial charge in [-0.3, -0.25) is 4.98 Å². The van der Waals surface area contributed by atoms with Crippen LogP contribution in [-0.4, -0.2) is 11.6 Å². The van der Waals surface area contributed by atoms with Gasteiger partial charge in [0.05, 0.1) is 18.3 Å². The lowest BCUT2D eigenvalue weighted by atomic mass is 10.2. The molecule has 3 nitrogen and oxygen atoms in total. The summed E-state index contributed by atoms with van der Waals surface area (Å²) in [6.07, 6.45) is 1.78. The first-order valence-electron chi connectivity index (χ1n) is 4.13. The molecule has 3 heteroatoms. The standard InChI is InChI=1S/C9H14N2O/c1-3-12-11-8(2)9-6-4-5-7-10-9/h4-8,11H,3H2,1-2H3. The van der Waals surface area contributed by atoms with E-state index in [0.29, 0.717) is 6.61 Å². The summed E-state index contributed by atoms with van der Waals surface area (Å²) >= 11 is 0. The van der Waals surface area contributed by atoms with Crippen molar-refractivity contribution in [2.24, 2.45) is 0 Å². The molecule has 0 bridgehead atoms. The number of nitrogens with one attached hydrogen (secondary N) is 1. The van der Waals surface area contributed by atoms with Crippen molar-refractivity contribution in [2.45, 2.75) is 19.9 Å². The quantitative estimate of drug-likeness (QED) is 0.691. The van der Waals surface area contributed by atoms with Gasteiger partial charge in [-0.1, -0.05) is 6.07 Å². The maximum atomic E-state index is 5.06. The van der Waals surface area contributed by atoms with E-state index in [0.717, 1.165) is 5.69 Å². The number of hydrogen-bond donors (Lipinski definition) is 1. The van der Waals surface area contributed by atoms with E-state index in [9.17, 15) is 0 Å². The summed E-state index contributed by atoms with van der Waals surface area (Å²) in [5, 5.41) is 0. The SMILES string of the molecule is CCONC(C)c1ccccn1. The summed E-state index contributed by atoms with van der Waals surface area (Å²) in [5.41, 5.74) is 3.88. The molecule has 0 saturated carbocycles. The van der Waals surface area contributed by atoms with Crippen molar-refractivity contribution in [3.63, 3.8) is 0 Å². The van der Waals surface area contributed by atoms with Crippen LogP contribution in [0.5, 0.6) is 0 Å². The van der Waals surface area contributed by atoms with Gasteiger partial charge in [0.15, 0.2) is 0 Å². The molecule has 0 saturated heterocycles. The van der Waals surface area contributed by atoms with Crippen LogP contribution in [-0.2, 0) is 4.84 Å². The fourth-order valence-electron chi connectivity index (χ4n) is 0.901. The lowest BCUT2D eigenvalue weighted by Gasteiger charge is -2.11. The second-order valence-electron chi connectivity index (χ2n) is 2.53. The second-order valence-corrected chi connectivity index (χ2v) is 2.53. The van der Waals surface area contributed by atoms with Gasteiger partial charge in [-0.2, -0.15) is 5.48 Å². The van der Waals surface area contributed by atoms with Crippen molar-refractivity contribution >= 4 is 0 Å². The lowest BCUT2D eigenvalue weighted by molar-refractivity contribution is 0.0275. The van der Waals surface area contributed by atoms with Gasteiger partial charge < -0.3 is 4.84 Å². The molecule has 0 radical (unpaired) electrons. The van der Waals surface area contributed by atoms with Gasteiger partial charge in [-0.05, 0) is 26.0 Å². The maximum Gasteiger partial charge on any atom is 0.0715 e. The molecule has 0 amide bonds. The van der Waals surface area contributed by atoms with Crippen LogP contribution < -0.4 is 5.48 Å². The van der Waals surface area contributed by atoms with E-state index in [1.54, 1.807) is 6.20 Å². The molecule has 0 aliphatic rings. The van der Waals surface area contributed by atoms with Crippen molar-refractivity contribution in [3.8, 4) is 0 Å². The van der Waals surface area contributed by atoms with Crippen LogP contribution in [0.2, 0.25) is 0 Å². The predicted octanol–water partition coefficient (Wildman–Crippen LogP) is 1.68. The Morgan fingerprint density at radius 3 is 3.00 bits per heavy atom. The summed E-state index contributed by atoms with van der Waals surface area (Å²) in [6.45, 7) is 4.62. The number of nitrogens with zero attached hydrogens (tertiary/aromatic N) is 1. The highest BCUT2D eigenvalue weighted by molar-refractivity contribution is 5.06. The summed E-state index contributed by atoms with van der Waals surface area (Å²) < 4.78 is 0. The van der Waals surface area contributed by atoms with Gasteiger partial charge in [0.25, 0.3) is 0 Å². The molecule has 12 heavy (non-hydrogen) atoms. The van der Waals surface area contributed by atoms with E-state index in [1.165, 1.54) is 0 Å². The molecule has 0 spiro atoms. The van der Waals surface area contributed by atoms with E-state index < -0.39 is 0 Å². The van der Waals surface area contributed by atoms with E-state index in [4.69, 9.17) is 4.84 Å². The monoisotopic (exact) mass is 166 g/mol. The summed E-state index contributed by atoms with van der Waals surface area (Å²) in [5.74, 6) is 0. The lowest BCUT2D eigenvalue weighted by Crippen LogP contribution is -2.19. The largest absolute Gasteiger partial charge is 0.301 e. The molecule has 1 atom stereocenters. The van der Waals surface area contributed by atoms with Gasteiger partial charge in [-0.15, -0.1) is 0 Å². The summed E-state index contributed by atoms with van der Waals surface area (Å²) in [7, 11) is 0. The van der Waals surface area contributed by atoms with E-state index in [2.05, 4.69) is 10.5 Å².